The minimum Gasteiger partial charge on any atom is -0.453 e. The first-order chi connectivity index (χ1) is 13.4. The maximum absolute atomic E-state index is 12.9. The van der Waals surface area contributed by atoms with E-state index in [0.29, 0.717) is 23.0 Å². The van der Waals surface area contributed by atoms with Crippen LogP contribution >= 0.6 is 0 Å². The molecule has 2 aromatic carbocycles. The van der Waals surface area contributed by atoms with Gasteiger partial charge in [0.2, 0.25) is 5.78 Å². The van der Waals surface area contributed by atoms with Crippen LogP contribution in [0.5, 0.6) is 5.75 Å². The first-order valence-corrected chi connectivity index (χ1v) is 10.2. The molecule has 2 aliphatic carbocycles. The predicted octanol–water partition coefficient (Wildman–Crippen LogP) is 6.02. The van der Waals surface area contributed by atoms with Crippen molar-refractivity contribution in [2.45, 2.75) is 45.4 Å². The highest BCUT2D eigenvalue weighted by Gasteiger charge is 2.51. The summed E-state index contributed by atoms with van der Waals surface area (Å²) in [5, 5.41) is 0. The number of ketones is 1. The van der Waals surface area contributed by atoms with E-state index in [1.165, 1.54) is 16.7 Å². The van der Waals surface area contributed by atoms with Crippen molar-refractivity contribution in [1.29, 1.82) is 0 Å². The Labute approximate surface area is 166 Å². The zero-order valence-corrected chi connectivity index (χ0v) is 16.8. The van der Waals surface area contributed by atoms with Gasteiger partial charge < -0.3 is 4.74 Å². The molecule has 142 valence electrons. The second-order valence-electron chi connectivity index (χ2n) is 8.98. The number of allylic oxidation sites excluding steroid dienone is 4. The highest BCUT2D eigenvalue weighted by atomic mass is 16.5. The SMILES string of the molecule is CC1=CC[C@]2(C)c3ccccc3CC[C@H]2[C@@]1(C)/C=C1\Oc2ccccc2C1=O. The van der Waals surface area contributed by atoms with Crippen molar-refractivity contribution in [3.63, 3.8) is 0 Å². The average molecular weight is 370 g/mol. The molecule has 5 rings (SSSR count). The minimum absolute atomic E-state index is 0.00751. The smallest absolute Gasteiger partial charge is 0.231 e. The summed E-state index contributed by atoms with van der Waals surface area (Å²) in [4.78, 5) is 12.9. The van der Waals surface area contributed by atoms with Gasteiger partial charge >= 0.3 is 0 Å². The lowest BCUT2D eigenvalue weighted by Gasteiger charge is -2.54. The summed E-state index contributed by atoms with van der Waals surface area (Å²) in [6, 6.07) is 16.4. The zero-order valence-electron chi connectivity index (χ0n) is 16.8. The molecule has 2 nitrogen and oxygen atoms in total. The minimum atomic E-state index is -0.201. The van der Waals surface area contributed by atoms with Crippen molar-refractivity contribution >= 4 is 5.78 Å². The maximum Gasteiger partial charge on any atom is 0.231 e. The molecule has 0 radical (unpaired) electrons. The molecule has 1 heterocycles. The number of fused-ring (bicyclic) bond motifs is 4. The molecule has 0 aromatic heterocycles. The van der Waals surface area contributed by atoms with Gasteiger partial charge in [-0.15, -0.1) is 0 Å². The van der Waals surface area contributed by atoms with Crippen molar-refractivity contribution in [1.82, 2.24) is 0 Å². The Morgan fingerprint density at radius 3 is 2.64 bits per heavy atom. The molecule has 28 heavy (non-hydrogen) atoms. The van der Waals surface area contributed by atoms with Gasteiger partial charge in [-0.3, -0.25) is 4.79 Å². The van der Waals surface area contributed by atoms with Crippen LogP contribution in [0.1, 0.15) is 55.1 Å². The number of carbonyl (C=O) groups excluding carboxylic acids is 1. The molecular formula is C26H26O2. The van der Waals surface area contributed by atoms with Crippen LogP contribution < -0.4 is 4.74 Å². The van der Waals surface area contributed by atoms with E-state index >= 15 is 0 Å². The van der Waals surface area contributed by atoms with Gasteiger partial charge in [0.05, 0.1) is 5.56 Å². The summed E-state index contributed by atoms with van der Waals surface area (Å²) in [5.74, 6) is 1.61. The molecule has 0 spiro atoms. The van der Waals surface area contributed by atoms with Gasteiger partial charge in [-0.2, -0.15) is 0 Å². The average Bonchev–Trinajstić information content (AvgIpc) is 3.01. The first-order valence-electron chi connectivity index (χ1n) is 10.2. The second kappa shape index (κ2) is 5.94. The zero-order chi connectivity index (χ0) is 19.5. The Morgan fingerprint density at radius 1 is 1.07 bits per heavy atom. The predicted molar refractivity (Wildman–Crippen MR) is 112 cm³/mol. The lowest BCUT2D eigenvalue weighted by molar-refractivity contribution is 0.0997. The number of carbonyl (C=O) groups is 1. The number of aryl methyl sites for hydroxylation is 1. The number of rotatable bonds is 1. The van der Waals surface area contributed by atoms with Crippen molar-refractivity contribution in [3.05, 3.63) is 88.7 Å². The second-order valence-corrected chi connectivity index (χ2v) is 8.98. The molecule has 0 unspecified atom stereocenters. The van der Waals surface area contributed by atoms with E-state index in [9.17, 15) is 4.79 Å². The van der Waals surface area contributed by atoms with Crippen LogP contribution in [0.15, 0.2) is 72.0 Å². The third-order valence-corrected chi connectivity index (χ3v) is 7.52. The van der Waals surface area contributed by atoms with Gasteiger partial charge in [-0.05, 0) is 61.4 Å². The summed E-state index contributed by atoms with van der Waals surface area (Å²) in [5.41, 5.74) is 4.84. The van der Waals surface area contributed by atoms with Gasteiger partial charge in [0.15, 0.2) is 5.76 Å². The molecule has 3 atom stereocenters. The molecule has 0 saturated heterocycles. The Hall–Kier alpha value is -2.61. The van der Waals surface area contributed by atoms with Gasteiger partial charge in [0.1, 0.15) is 5.75 Å². The van der Waals surface area contributed by atoms with E-state index in [2.05, 4.69) is 57.2 Å². The fourth-order valence-electron chi connectivity index (χ4n) is 5.80. The maximum atomic E-state index is 12.9. The summed E-state index contributed by atoms with van der Waals surface area (Å²) >= 11 is 0. The summed E-state index contributed by atoms with van der Waals surface area (Å²) in [6.45, 7) is 6.91. The number of Topliss-reactive ketones (excluding diaryl/α,β-unsaturated/α-hetero) is 1. The number of ether oxygens (including phenoxy) is 1. The largest absolute Gasteiger partial charge is 0.453 e. The highest BCUT2D eigenvalue weighted by molar-refractivity contribution is 6.12. The van der Waals surface area contributed by atoms with Gasteiger partial charge in [0.25, 0.3) is 0 Å². The molecular weight excluding hydrogens is 344 g/mol. The third-order valence-electron chi connectivity index (χ3n) is 7.52. The van der Waals surface area contributed by atoms with Gasteiger partial charge in [-0.25, -0.2) is 0 Å². The third kappa shape index (κ3) is 2.30. The van der Waals surface area contributed by atoms with E-state index in [-0.39, 0.29) is 16.6 Å². The summed E-state index contributed by atoms with van der Waals surface area (Å²) in [7, 11) is 0. The topological polar surface area (TPSA) is 26.3 Å². The quantitative estimate of drug-likeness (QED) is 0.453. The van der Waals surface area contributed by atoms with Crippen LogP contribution in [-0.4, -0.2) is 5.78 Å². The first kappa shape index (κ1) is 17.5. The van der Waals surface area contributed by atoms with Crippen LogP contribution in [-0.2, 0) is 11.8 Å². The van der Waals surface area contributed by atoms with Crippen LogP contribution in [0.25, 0.3) is 0 Å². The molecule has 3 aliphatic rings. The van der Waals surface area contributed by atoms with Gasteiger partial charge in [-0.1, -0.05) is 61.9 Å². The summed E-state index contributed by atoms with van der Waals surface area (Å²) in [6.07, 6.45) is 7.77. The van der Waals surface area contributed by atoms with E-state index < -0.39 is 0 Å². The van der Waals surface area contributed by atoms with E-state index in [1.54, 1.807) is 0 Å². The summed E-state index contributed by atoms with van der Waals surface area (Å²) < 4.78 is 6.00. The standard InChI is InChI=1S/C26H26O2/c1-17-14-15-25(2)20-10-6-4-8-18(20)12-13-23(25)26(17,3)16-22-24(27)19-9-5-7-11-21(19)28-22/h4-11,14,16,23H,12-13,15H2,1-3H3/b22-16-/t23-,25-,26+/m1/s1. The Balaban J connectivity index is 1.61. The molecule has 0 N–H and O–H groups in total. The fraction of sp³-hybridized carbons (Fsp3) is 0.346. The Kier molecular flexibility index (Phi) is 3.71. The highest BCUT2D eigenvalue weighted by Crippen LogP contribution is 2.58. The lowest BCUT2D eigenvalue weighted by atomic mass is 9.50. The van der Waals surface area contributed by atoms with Gasteiger partial charge in [0, 0.05) is 10.8 Å². The number of para-hydroxylation sites is 1. The van der Waals surface area contributed by atoms with E-state index in [0.717, 1.165) is 19.3 Å². The molecule has 2 aromatic rings. The normalized spacial score (nSPS) is 32.2. The van der Waals surface area contributed by atoms with Crippen molar-refractivity contribution < 1.29 is 9.53 Å². The number of hydrogen-bond acceptors (Lipinski definition) is 2. The fourth-order valence-corrected chi connectivity index (χ4v) is 5.80. The molecule has 1 aliphatic heterocycles. The lowest BCUT2D eigenvalue weighted by Crippen LogP contribution is -2.48. The Morgan fingerprint density at radius 2 is 1.82 bits per heavy atom. The number of benzene rings is 2. The van der Waals surface area contributed by atoms with Crippen LogP contribution in [0, 0.1) is 11.3 Å². The molecule has 0 fully saturated rings. The van der Waals surface area contributed by atoms with E-state index in [4.69, 9.17) is 4.74 Å². The van der Waals surface area contributed by atoms with Crippen LogP contribution in [0.4, 0.5) is 0 Å². The molecule has 2 heteroatoms. The molecule has 0 amide bonds. The van der Waals surface area contributed by atoms with Crippen molar-refractivity contribution in [3.8, 4) is 5.75 Å². The monoisotopic (exact) mass is 370 g/mol. The van der Waals surface area contributed by atoms with Crippen LogP contribution in [0.3, 0.4) is 0 Å². The number of hydrogen-bond donors (Lipinski definition) is 0. The molecule has 0 saturated carbocycles. The molecule has 0 bridgehead atoms. The van der Waals surface area contributed by atoms with E-state index in [1.807, 2.05) is 24.3 Å². The van der Waals surface area contributed by atoms with Crippen LogP contribution in [0.2, 0.25) is 0 Å². The van der Waals surface area contributed by atoms with Crippen molar-refractivity contribution in [2.75, 3.05) is 0 Å². The van der Waals surface area contributed by atoms with Crippen molar-refractivity contribution in [2.24, 2.45) is 11.3 Å². The Bertz CT molecular complexity index is 1040.